The van der Waals surface area contributed by atoms with Crippen LogP contribution in [0.4, 0.5) is 0 Å². The minimum Gasteiger partial charge on any atom is -0.356 e. The van der Waals surface area contributed by atoms with Crippen LogP contribution in [0.2, 0.25) is 0 Å². The van der Waals surface area contributed by atoms with Gasteiger partial charge in [0.25, 0.3) is 0 Å². The first-order chi connectivity index (χ1) is 3.46. The van der Waals surface area contributed by atoms with Gasteiger partial charge >= 0.3 is 58.7 Å². The zero-order valence-corrected chi connectivity index (χ0v) is 9.67. The molecule has 0 aliphatic heterocycles. The van der Waals surface area contributed by atoms with Crippen LogP contribution in [0.1, 0.15) is 0 Å². The molecule has 0 spiro atoms. The Morgan fingerprint density at radius 1 is 0.800 bits per heavy atom. The fraction of sp³-hybridized carbons (Fsp3) is 0. The van der Waals surface area contributed by atoms with Gasteiger partial charge in [0.1, 0.15) is 0 Å². The van der Waals surface area contributed by atoms with Gasteiger partial charge in [0, 0.05) is 0 Å². The topological polar surface area (TPSA) is 132 Å². The molecule has 0 amide bonds. The first kappa shape index (κ1) is 22.4. The molecule has 0 heterocycles. The fourth-order valence-electron chi connectivity index (χ4n) is 0. The summed E-state index contributed by atoms with van der Waals surface area (Å²) in [5.41, 5.74) is 0. The van der Waals surface area contributed by atoms with Crippen molar-refractivity contribution < 1.29 is 45.8 Å². The summed E-state index contributed by atoms with van der Waals surface area (Å²) in [6.45, 7) is 0. The monoisotopic (exact) mass is 287 g/mol. The maximum Gasteiger partial charge on any atom is 3.00 e. The van der Waals surface area contributed by atoms with Crippen molar-refractivity contribution in [1.82, 2.24) is 0 Å². The van der Waals surface area contributed by atoms with Crippen molar-refractivity contribution in [3.8, 4) is 0 Å². The molecule has 0 saturated carbocycles. The Morgan fingerprint density at radius 3 is 0.800 bits per heavy atom. The second-order valence-electron chi connectivity index (χ2n) is 0.447. The maximum atomic E-state index is 8.25. The summed E-state index contributed by atoms with van der Waals surface area (Å²) in [5.74, 6) is 0. The SMILES string of the molecule is O=[N+]([O-])[O-].O=[N+]([O-])[O-].[La+3].[Mg+2]. The molecule has 8 nitrogen and oxygen atoms in total. The van der Waals surface area contributed by atoms with E-state index in [1.165, 1.54) is 0 Å². The zero-order valence-electron chi connectivity index (χ0n) is 4.63. The minimum atomic E-state index is -1.75. The molecule has 0 radical (unpaired) electrons. The Hall–Kier alpha value is 0.361. The smallest absolute Gasteiger partial charge is 0.356 e. The van der Waals surface area contributed by atoms with Gasteiger partial charge in [0.05, 0.1) is 10.2 Å². The molecule has 0 aromatic heterocycles. The van der Waals surface area contributed by atoms with Gasteiger partial charge in [-0.25, -0.2) is 0 Å². The summed E-state index contributed by atoms with van der Waals surface area (Å²) in [5, 5.41) is 29.5. The normalized spacial score (nSPS) is 4.80. The van der Waals surface area contributed by atoms with Crippen molar-refractivity contribution in [2.75, 3.05) is 0 Å². The molecule has 0 N–H and O–H groups in total. The van der Waals surface area contributed by atoms with Crippen molar-refractivity contribution in [3.05, 3.63) is 30.6 Å². The largest absolute Gasteiger partial charge is 3.00 e. The summed E-state index contributed by atoms with van der Waals surface area (Å²) in [7, 11) is 0. The van der Waals surface area contributed by atoms with Gasteiger partial charge in [-0.2, -0.15) is 0 Å². The van der Waals surface area contributed by atoms with Crippen molar-refractivity contribution in [2.45, 2.75) is 0 Å². The predicted octanol–water partition coefficient (Wildman–Crippen LogP) is -0.859. The predicted molar refractivity (Wildman–Crippen MR) is 26.5 cm³/mol. The van der Waals surface area contributed by atoms with Gasteiger partial charge in [-0.1, -0.05) is 0 Å². The van der Waals surface area contributed by atoms with E-state index in [-0.39, 0.29) is 58.7 Å². The first-order valence-electron chi connectivity index (χ1n) is 1.10. The maximum absolute atomic E-state index is 8.25. The molecule has 0 atom stereocenters. The van der Waals surface area contributed by atoms with E-state index in [4.69, 9.17) is 30.6 Å². The molecule has 0 aliphatic rings. The average Bonchev–Trinajstić information content (AvgIpc) is 1.25. The molecule has 10 heteroatoms. The molecule has 0 fully saturated rings. The molecule has 0 rings (SSSR count). The zero-order chi connectivity index (χ0) is 7.15. The molecule has 0 aromatic rings. The molecular weight excluding hydrogens is 287 g/mol. The Balaban J connectivity index is -0.0000000300. The van der Waals surface area contributed by atoms with E-state index < -0.39 is 10.2 Å². The van der Waals surface area contributed by atoms with Gasteiger partial charge in [0.2, 0.25) is 0 Å². The third-order valence-electron chi connectivity index (χ3n) is 0. The van der Waals surface area contributed by atoms with Crippen molar-refractivity contribution in [1.29, 1.82) is 0 Å². The van der Waals surface area contributed by atoms with E-state index in [0.29, 0.717) is 0 Å². The van der Waals surface area contributed by atoms with E-state index in [9.17, 15) is 0 Å². The molecule has 0 aromatic carbocycles. The molecule has 10 heavy (non-hydrogen) atoms. The molecule has 0 saturated heterocycles. The Kier molecular flexibility index (Phi) is 36.3. The molecule has 0 aliphatic carbocycles. The van der Waals surface area contributed by atoms with Crippen LogP contribution in [0.25, 0.3) is 0 Å². The van der Waals surface area contributed by atoms with Crippen LogP contribution >= 0.6 is 0 Å². The molecule has 48 valence electrons. The van der Waals surface area contributed by atoms with Gasteiger partial charge < -0.3 is 30.6 Å². The van der Waals surface area contributed by atoms with Crippen molar-refractivity contribution in [3.63, 3.8) is 0 Å². The van der Waals surface area contributed by atoms with E-state index in [0.717, 1.165) is 0 Å². The summed E-state index contributed by atoms with van der Waals surface area (Å²) in [6, 6.07) is 0. The van der Waals surface area contributed by atoms with Gasteiger partial charge in [-0.05, 0) is 0 Å². The Labute approximate surface area is 98.6 Å². The average molecular weight is 287 g/mol. The number of hydrogen-bond donors (Lipinski definition) is 0. The van der Waals surface area contributed by atoms with Gasteiger partial charge in [0.15, 0.2) is 0 Å². The second kappa shape index (κ2) is 16.2. The minimum absolute atomic E-state index is 0. The Bertz CT molecular complexity index is 73.7. The second-order valence-corrected chi connectivity index (χ2v) is 0.447. The van der Waals surface area contributed by atoms with E-state index >= 15 is 0 Å². The van der Waals surface area contributed by atoms with Crippen LogP contribution < -0.4 is 0 Å². The van der Waals surface area contributed by atoms with Crippen LogP contribution in [0.3, 0.4) is 0 Å². The number of nitrogens with zero attached hydrogens (tertiary/aromatic N) is 2. The molecule has 0 unspecified atom stereocenters. The van der Waals surface area contributed by atoms with E-state index in [1.54, 1.807) is 0 Å². The van der Waals surface area contributed by atoms with Crippen molar-refractivity contribution in [2.24, 2.45) is 0 Å². The quantitative estimate of drug-likeness (QED) is 0.323. The van der Waals surface area contributed by atoms with Crippen LogP contribution in [0.15, 0.2) is 0 Å². The third kappa shape index (κ3) is 3480. The summed E-state index contributed by atoms with van der Waals surface area (Å²) < 4.78 is 0. The first-order valence-corrected chi connectivity index (χ1v) is 1.10. The summed E-state index contributed by atoms with van der Waals surface area (Å²) in [4.78, 5) is 16.5. The van der Waals surface area contributed by atoms with Crippen LogP contribution in [-0.4, -0.2) is 33.2 Å². The number of hydrogen-bond acceptors (Lipinski definition) is 6. The summed E-state index contributed by atoms with van der Waals surface area (Å²) >= 11 is 0. The standard InChI is InChI=1S/La.Mg.2NO3/c;;2*2-1(3)4/q+3;+2;2*-1. The van der Waals surface area contributed by atoms with E-state index in [2.05, 4.69) is 0 Å². The molecular formula is LaMgN2O6+3. The third-order valence-corrected chi connectivity index (χ3v) is 0. The van der Waals surface area contributed by atoms with Crippen molar-refractivity contribution >= 4 is 23.1 Å². The van der Waals surface area contributed by atoms with Crippen LogP contribution in [0, 0.1) is 66.2 Å². The van der Waals surface area contributed by atoms with Gasteiger partial charge in [-0.15, -0.1) is 0 Å². The van der Waals surface area contributed by atoms with E-state index in [1.807, 2.05) is 0 Å². The van der Waals surface area contributed by atoms with Crippen LogP contribution in [-0.2, 0) is 0 Å². The Morgan fingerprint density at radius 2 is 0.800 bits per heavy atom. The van der Waals surface area contributed by atoms with Gasteiger partial charge in [-0.3, -0.25) is 0 Å². The van der Waals surface area contributed by atoms with Crippen LogP contribution in [0.5, 0.6) is 0 Å². The fourth-order valence-corrected chi connectivity index (χ4v) is 0. The summed E-state index contributed by atoms with van der Waals surface area (Å²) in [6.07, 6.45) is 0. The molecule has 0 bridgehead atoms. The number of rotatable bonds is 0.